The first-order valence-corrected chi connectivity index (χ1v) is 21.9. The van der Waals surface area contributed by atoms with Gasteiger partial charge in [0.05, 0.1) is 49.1 Å². The fraction of sp³-hybridized carbons (Fsp3) is 0.489. The summed E-state index contributed by atoms with van der Waals surface area (Å²) in [6, 6.07) is 14.5. The molecule has 1 heterocycles. The summed E-state index contributed by atoms with van der Waals surface area (Å²) in [7, 11) is 0. The van der Waals surface area contributed by atoms with Crippen LogP contribution in [-0.4, -0.2) is 92.0 Å². The fourth-order valence-electron chi connectivity index (χ4n) is 6.25. The highest BCUT2D eigenvalue weighted by molar-refractivity contribution is 6.00. The Hall–Kier alpha value is -6.76. The smallest absolute Gasteiger partial charge is 0.332 e. The molecule has 19 nitrogen and oxygen atoms in total. The summed E-state index contributed by atoms with van der Waals surface area (Å²) >= 11 is 0. The van der Waals surface area contributed by atoms with Gasteiger partial charge in [-0.3, -0.25) is 38.4 Å². The number of carbonyl (C=O) groups excluding carboxylic acids is 8. The first-order chi connectivity index (χ1) is 31.6. The maximum absolute atomic E-state index is 13.6. The first kappa shape index (κ1) is 53.6. The number of benzene rings is 2. The third-order valence-corrected chi connectivity index (χ3v) is 9.87. The zero-order valence-electron chi connectivity index (χ0n) is 38.6. The van der Waals surface area contributed by atoms with Gasteiger partial charge in [-0.1, -0.05) is 97.2 Å². The second-order valence-electron chi connectivity index (χ2n) is 15.5. The molecule has 0 bridgehead atoms. The van der Waals surface area contributed by atoms with Crippen molar-refractivity contribution in [2.45, 2.75) is 106 Å². The fourth-order valence-corrected chi connectivity index (χ4v) is 6.25. The van der Waals surface area contributed by atoms with E-state index >= 15 is 0 Å². The number of nitrogens with zero attached hydrogens (tertiary/aromatic N) is 1. The Morgan fingerprint density at radius 2 is 1.42 bits per heavy atom. The molecule has 3 N–H and O–H groups in total. The third-order valence-electron chi connectivity index (χ3n) is 9.87. The lowest BCUT2D eigenvalue weighted by Gasteiger charge is -2.32. The van der Waals surface area contributed by atoms with Gasteiger partial charge in [-0.2, -0.15) is 0 Å². The van der Waals surface area contributed by atoms with Gasteiger partial charge in [0, 0.05) is 5.56 Å². The van der Waals surface area contributed by atoms with Crippen molar-refractivity contribution < 1.29 is 71.3 Å². The molecule has 0 radical (unpaired) electrons. The van der Waals surface area contributed by atoms with Crippen LogP contribution in [0.4, 0.5) is 0 Å². The van der Waals surface area contributed by atoms with Crippen LogP contribution >= 0.6 is 0 Å². The molecule has 0 aliphatic heterocycles. The van der Waals surface area contributed by atoms with Gasteiger partial charge in [-0.15, -0.1) is 0 Å². The average molecular weight is 923 g/mol. The molecule has 3 aromatic rings. The average Bonchev–Trinajstić information content (AvgIpc) is 3.80. The summed E-state index contributed by atoms with van der Waals surface area (Å²) in [5, 5.41) is 9.01. The van der Waals surface area contributed by atoms with Gasteiger partial charge in [0.2, 0.25) is 25.9 Å². The lowest BCUT2D eigenvalue weighted by molar-refractivity contribution is -0.200. The highest BCUT2D eigenvalue weighted by Crippen LogP contribution is 2.30. The number of furan rings is 1. The van der Waals surface area contributed by atoms with E-state index in [0.717, 1.165) is 24.8 Å². The SMILES string of the molecule is CCCCC[C@@H](C(=O)NCNC(=O)c1ccc(-c2ccc(C(=O)N[C@@H](CC(=O)OCOC(=O)C(C)C)C(=O)OCOC(=O)C(C)C)c(OCC)c2)o1)[C@@H](CC)N(C=O)OCc1ccccc1. The largest absolute Gasteiger partial charge is 0.493 e. The first-order valence-electron chi connectivity index (χ1n) is 21.9. The minimum Gasteiger partial charge on any atom is -0.493 e. The molecule has 66 heavy (non-hydrogen) atoms. The zero-order valence-corrected chi connectivity index (χ0v) is 38.6. The molecule has 0 aliphatic carbocycles. The van der Waals surface area contributed by atoms with E-state index in [1.54, 1.807) is 34.6 Å². The molecule has 360 valence electrons. The molecule has 0 fully saturated rings. The highest BCUT2D eigenvalue weighted by atomic mass is 16.7. The summed E-state index contributed by atoms with van der Waals surface area (Å²) in [6.45, 7) is 10.4. The summed E-state index contributed by atoms with van der Waals surface area (Å²) in [4.78, 5) is 108. The monoisotopic (exact) mass is 922 g/mol. The number of hydroxylamine groups is 2. The molecule has 0 unspecified atom stereocenters. The third kappa shape index (κ3) is 17.3. The Bertz CT molecular complexity index is 2070. The Morgan fingerprint density at radius 1 is 0.758 bits per heavy atom. The van der Waals surface area contributed by atoms with Crippen molar-refractivity contribution >= 4 is 48.0 Å². The van der Waals surface area contributed by atoms with Crippen LogP contribution in [0.2, 0.25) is 0 Å². The van der Waals surface area contributed by atoms with Crippen molar-refractivity contribution in [1.29, 1.82) is 0 Å². The van der Waals surface area contributed by atoms with Crippen LogP contribution < -0.4 is 20.7 Å². The molecule has 1 aromatic heterocycles. The number of esters is 4. The van der Waals surface area contributed by atoms with Crippen molar-refractivity contribution in [3.8, 4) is 17.1 Å². The maximum atomic E-state index is 13.6. The molecule has 2 aromatic carbocycles. The molecule has 0 saturated heterocycles. The molecule has 0 saturated carbocycles. The maximum Gasteiger partial charge on any atom is 0.332 e. The topological polar surface area (TPSA) is 244 Å². The number of hydrogen-bond donors (Lipinski definition) is 3. The molecule has 4 amide bonds. The molecule has 3 rings (SSSR count). The van der Waals surface area contributed by atoms with Crippen LogP contribution in [0.3, 0.4) is 0 Å². The quantitative estimate of drug-likeness (QED) is 0.0252. The second-order valence-corrected chi connectivity index (χ2v) is 15.5. The summed E-state index contributed by atoms with van der Waals surface area (Å²) in [5.41, 5.74) is 1.21. The van der Waals surface area contributed by atoms with Crippen molar-refractivity contribution in [2.75, 3.05) is 26.9 Å². The Morgan fingerprint density at radius 3 is 2.05 bits per heavy atom. The minimum atomic E-state index is -1.64. The van der Waals surface area contributed by atoms with E-state index in [0.29, 0.717) is 24.8 Å². The van der Waals surface area contributed by atoms with E-state index < -0.39 is 85.5 Å². The number of ether oxygens (including phenoxy) is 5. The highest BCUT2D eigenvalue weighted by Gasteiger charge is 2.33. The molecule has 3 atom stereocenters. The van der Waals surface area contributed by atoms with E-state index in [-0.39, 0.29) is 48.6 Å². The van der Waals surface area contributed by atoms with Crippen molar-refractivity contribution in [3.63, 3.8) is 0 Å². The van der Waals surface area contributed by atoms with E-state index in [1.807, 2.05) is 37.3 Å². The Balaban J connectivity index is 1.71. The summed E-state index contributed by atoms with van der Waals surface area (Å²) in [5.74, 6) is -6.70. The summed E-state index contributed by atoms with van der Waals surface area (Å²) < 4.78 is 31.3. The number of amides is 4. The lowest BCUT2D eigenvalue weighted by Crippen LogP contribution is -2.48. The van der Waals surface area contributed by atoms with Crippen LogP contribution in [0, 0.1) is 17.8 Å². The molecule has 0 aliphatic rings. The van der Waals surface area contributed by atoms with E-state index in [1.165, 1.54) is 35.4 Å². The standard InChI is InChI=1S/C47H62N4O15/c1-8-11-13-18-34(37(9-2)51(27-52)65-25-32-16-14-12-15-17-32)42(54)48-26-49-44(56)39-22-21-38(66-39)33-19-20-35(40(23-33)60-10-3)43(55)50-36(47(59)64-29-63-46(58)31(6)7)24-41(53)61-28-62-45(57)30(4)5/h12,14-17,19-23,27,30-31,34,36-37H,8-11,13,18,24-26,28-29H2,1-7H3,(H,48,54)(H,49,56)(H,50,55)/t34-,36+,37-/m1/s1. The molecule has 0 spiro atoms. The van der Waals surface area contributed by atoms with Crippen molar-refractivity contribution in [3.05, 3.63) is 77.6 Å². The lowest BCUT2D eigenvalue weighted by atomic mass is 9.90. The van der Waals surface area contributed by atoms with Gasteiger partial charge in [-0.25, -0.2) is 9.86 Å². The van der Waals surface area contributed by atoms with Gasteiger partial charge in [0.25, 0.3) is 11.8 Å². The van der Waals surface area contributed by atoms with Gasteiger partial charge in [0.15, 0.2) is 5.76 Å². The van der Waals surface area contributed by atoms with Gasteiger partial charge < -0.3 is 44.1 Å². The normalized spacial score (nSPS) is 12.3. The number of carbonyl (C=O) groups is 8. The minimum absolute atomic E-state index is 0.0521. The second kappa shape index (κ2) is 28.2. The number of hydrogen-bond acceptors (Lipinski definition) is 15. The molecular weight excluding hydrogens is 861 g/mol. The van der Waals surface area contributed by atoms with E-state index in [4.69, 9.17) is 32.9 Å². The molecule has 19 heteroatoms. The number of nitrogens with one attached hydrogen (secondary N) is 3. The van der Waals surface area contributed by atoms with Crippen LogP contribution in [0.15, 0.2) is 65.1 Å². The number of unbranched alkanes of at least 4 members (excludes halogenated alkanes) is 2. The van der Waals surface area contributed by atoms with E-state index in [9.17, 15) is 38.4 Å². The van der Waals surface area contributed by atoms with Crippen LogP contribution in [0.1, 0.15) is 113 Å². The van der Waals surface area contributed by atoms with Gasteiger partial charge >= 0.3 is 23.9 Å². The van der Waals surface area contributed by atoms with Crippen LogP contribution in [0.25, 0.3) is 11.3 Å². The predicted molar refractivity (Wildman–Crippen MR) is 236 cm³/mol. The molecular formula is C47H62N4O15. The Labute approximate surface area is 384 Å². The van der Waals surface area contributed by atoms with E-state index in [2.05, 4.69) is 22.9 Å². The zero-order chi connectivity index (χ0) is 48.6. The number of rotatable bonds is 29. The Kier molecular flexibility index (Phi) is 22.9. The van der Waals surface area contributed by atoms with Gasteiger partial charge in [-0.05, 0) is 49.6 Å². The van der Waals surface area contributed by atoms with Crippen LogP contribution in [-0.2, 0) is 59.2 Å². The summed E-state index contributed by atoms with van der Waals surface area (Å²) in [6.07, 6.45) is 3.35. The van der Waals surface area contributed by atoms with Crippen molar-refractivity contribution in [1.82, 2.24) is 21.0 Å². The van der Waals surface area contributed by atoms with Gasteiger partial charge in [0.1, 0.15) is 24.2 Å². The van der Waals surface area contributed by atoms with Crippen LogP contribution in [0.5, 0.6) is 5.75 Å². The predicted octanol–water partition coefficient (Wildman–Crippen LogP) is 5.60. The van der Waals surface area contributed by atoms with Crippen molar-refractivity contribution in [2.24, 2.45) is 17.8 Å².